The summed E-state index contributed by atoms with van der Waals surface area (Å²) in [7, 11) is 0. The molecule has 1 aliphatic carbocycles. The Morgan fingerprint density at radius 2 is 1.90 bits per heavy atom. The van der Waals surface area contributed by atoms with Gasteiger partial charge >= 0.3 is 0 Å². The van der Waals surface area contributed by atoms with Gasteiger partial charge in [0.05, 0.1) is 18.6 Å². The summed E-state index contributed by atoms with van der Waals surface area (Å²) in [6, 6.07) is 8.57. The molecule has 5 rings (SSSR count). The molecule has 1 aliphatic heterocycles. The van der Waals surface area contributed by atoms with E-state index in [-0.39, 0.29) is 5.54 Å². The summed E-state index contributed by atoms with van der Waals surface area (Å²) >= 11 is 1.67. The average molecular weight is 410 g/mol. The zero-order valence-corrected chi connectivity index (χ0v) is 17.8. The van der Waals surface area contributed by atoms with Crippen molar-refractivity contribution in [1.82, 2.24) is 14.9 Å². The molecule has 3 heterocycles. The maximum atomic E-state index is 5.43. The molecule has 1 aromatic carbocycles. The third-order valence-electron chi connectivity index (χ3n) is 5.76. The second-order valence-corrected chi connectivity index (χ2v) is 9.25. The summed E-state index contributed by atoms with van der Waals surface area (Å²) in [6.45, 7) is 9.01. The molecular weight excluding hydrogens is 382 g/mol. The largest absolute Gasteiger partial charge is 0.379 e. The number of benzene rings is 1. The maximum absolute atomic E-state index is 5.43. The molecule has 0 atom stereocenters. The number of rotatable bonds is 6. The van der Waals surface area contributed by atoms with Crippen molar-refractivity contribution in [2.45, 2.75) is 38.8 Å². The number of ether oxygens (including phenoxy) is 1. The number of hydrogen-bond donors (Lipinski definition) is 2. The van der Waals surface area contributed by atoms with Gasteiger partial charge in [0.2, 0.25) is 5.95 Å². The zero-order valence-electron chi connectivity index (χ0n) is 17.0. The van der Waals surface area contributed by atoms with Crippen molar-refractivity contribution in [2.24, 2.45) is 0 Å². The van der Waals surface area contributed by atoms with E-state index in [0.717, 1.165) is 54.6 Å². The zero-order chi connectivity index (χ0) is 19.8. The Hall–Kier alpha value is -2.22. The smallest absolute Gasteiger partial charge is 0.230 e. The van der Waals surface area contributed by atoms with Crippen molar-refractivity contribution < 1.29 is 4.74 Å². The molecular formula is C22H27N5OS. The summed E-state index contributed by atoms with van der Waals surface area (Å²) in [5, 5.41) is 10.3. The molecule has 0 amide bonds. The molecule has 0 unspecified atom stereocenters. The van der Waals surface area contributed by atoms with Crippen molar-refractivity contribution in [3.8, 4) is 0 Å². The molecule has 29 heavy (non-hydrogen) atoms. The predicted octanol–water partition coefficient (Wildman–Crippen LogP) is 4.54. The SMILES string of the molecule is Cc1csc2nc(Nc3ccc(CN4CCOCC4)cc3)nc(NC3(C)CC3)c12. The van der Waals surface area contributed by atoms with Crippen LogP contribution in [0.4, 0.5) is 17.5 Å². The monoisotopic (exact) mass is 409 g/mol. The van der Waals surface area contributed by atoms with Crippen LogP contribution in [-0.4, -0.2) is 46.7 Å². The van der Waals surface area contributed by atoms with Crippen LogP contribution in [0.1, 0.15) is 30.9 Å². The number of aryl methyl sites for hydroxylation is 1. The van der Waals surface area contributed by atoms with E-state index in [4.69, 9.17) is 14.7 Å². The Labute approximate surface area is 175 Å². The van der Waals surface area contributed by atoms with Gasteiger partial charge in [-0.15, -0.1) is 11.3 Å². The number of anilines is 3. The van der Waals surface area contributed by atoms with Gasteiger partial charge in [0.25, 0.3) is 0 Å². The quantitative estimate of drug-likeness (QED) is 0.623. The lowest BCUT2D eigenvalue weighted by Crippen LogP contribution is -2.35. The van der Waals surface area contributed by atoms with E-state index >= 15 is 0 Å². The third-order valence-corrected chi connectivity index (χ3v) is 6.75. The maximum Gasteiger partial charge on any atom is 0.230 e. The summed E-state index contributed by atoms with van der Waals surface area (Å²) in [6.07, 6.45) is 2.38. The van der Waals surface area contributed by atoms with E-state index in [0.29, 0.717) is 5.95 Å². The first-order valence-electron chi connectivity index (χ1n) is 10.3. The lowest BCUT2D eigenvalue weighted by molar-refractivity contribution is 0.0342. The fraction of sp³-hybridized carbons (Fsp3) is 0.455. The van der Waals surface area contributed by atoms with E-state index in [1.54, 1.807) is 11.3 Å². The minimum Gasteiger partial charge on any atom is -0.379 e. The summed E-state index contributed by atoms with van der Waals surface area (Å²) < 4.78 is 5.43. The second kappa shape index (κ2) is 7.55. The van der Waals surface area contributed by atoms with Gasteiger partial charge < -0.3 is 15.4 Å². The van der Waals surface area contributed by atoms with Gasteiger partial charge in [-0.25, -0.2) is 4.98 Å². The number of thiophene rings is 1. The van der Waals surface area contributed by atoms with Gasteiger partial charge in [-0.1, -0.05) is 12.1 Å². The predicted molar refractivity (Wildman–Crippen MR) is 119 cm³/mol. The van der Waals surface area contributed by atoms with E-state index < -0.39 is 0 Å². The number of nitrogens with zero attached hydrogens (tertiary/aromatic N) is 3. The Morgan fingerprint density at radius 3 is 2.62 bits per heavy atom. The molecule has 0 bridgehead atoms. The highest BCUT2D eigenvalue weighted by molar-refractivity contribution is 7.17. The Bertz CT molecular complexity index is 1010. The van der Waals surface area contributed by atoms with Crippen molar-refractivity contribution in [1.29, 1.82) is 0 Å². The first kappa shape index (κ1) is 18.8. The number of morpholine rings is 1. The molecule has 2 aromatic heterocycles. The highest BCUT2D eigenvalue weighted by Gasteiger charge is 2.38. The van der Waals surface area contributed by atoms with E-state index in [2.05, 4.69) is 59.0 Å². The lowest BCUT2D eigenvalue weighted by atomic mass is 10.2. The van der Waals surface area contributed by atoms with Crippen LogP contribution in [-0.2, 0) is 11.3 Å². The molecule has 0 spiro atoms. The van der Waals surface area contributed by atoms with Crippen molar-refractivity contribution >= 4 is 39.0 Å². The molecule has 2 N–H and O–H groups in total. The number of aromatic nitrogens is 2. The van der Waals surface area contributed by atoms with E-state index in [9.17, 15) is 0 Å². The molecule has 1 saturated carbocycles. The second-order valence-electron chi connectivity index (χ2n) is 8.39. The standard InChI is InChI=1S/C22H27N5OS/c1-15-14-29-20-18(15)19(26-22(2)7-8-22)24-21(25-20)23-17-5-3-16(4-6-17)13-27-9-11-28-12-10-27/h3-6,14H,7-13H2,1-2H3,(H2,23,24,25,26). The number of fused-ring (bicyclic) bond motifs is 1. The summed E-state index contributed by atoms with van der Waals surface area (Å²) in [5.41, 5.74) is 3.73. The van der Waals surface area contributed by atoms with Crippen LogP contribution in [0.3, 0.4) is 0 Å². The van der Waals surface area contributed by atoms with Crippen LogP contribution in [0, 0.1) is 6.92 Å². The average Bonchev–Trinajstić information content (AvgIpc) is 3.32. The first-order chi connectivity index (χ1) is 14.1. The molecule has 7 heteroatoms. The van der Waals surface area contributed by atoms with E-state index in [1.807, 2.05) is 0 Å². The fourth-order valence-electron chi connectivity index (χ4n) is 3.67. The summed E-state index contributed by atoms with van der Waals surface area (Å²) in [5.74, 6) is 1.59. The Balaban J connectivity index is 1.34. The van der Waals surface area contributed by atoms with Crippen LogP contribution in [0.25, 0.3) is 10.2 Å². The molecule has 152 valence electrons. The normalized spacial score (nSPS) is 18.7. The van der Waals surface area contributed by atoms with Crippen LogP contribution in [0.2, 0.25) is 0 Å². The van der Waals surface area contributed by atoms with Crippen LogP contribution < -0.4 is 10.6 Å². The minimum atomic E-state index is 0.175. The molecule has 3 aromatic rings. The lowest BCUT2D eigenvalue weighted by Gasteiger charge is -2.26. The van der Waals surface area contributed by atoms with Gasteiger partial charge in [-0.3, -0.25) is 4.90 Å². The fourth-order valence-corrected chi connectivity index (χ4v) is 4.59. The van der Waals surface area contributed by atoms with E-state index in [1.165, 1.54) is 24.0 Å². The van der Waals surface area contributed by atoms with Gasteiger partial charge in [0.15, 0.2) is 0 Å². The number of nitrogens with one attached hydrogen (secondary N) is 2. The molecule has 2 aliphatic rings. The summed E-state index contributed by atoms with van der Waals surface area (Å²) in [4.78, 5) is 13.0. The topological polar surface area (TPSA) is 62.3 Å². The Kier molecular flexibility index (Phi) is 4.89. The third kappa shape index (κ3) is 4.22. The Morgan fingerprint density at radius 1 is 1.14 bits per heavy atom. The van der Waals surface area contributed by atoms with Crippen LogP contribution in [0.5, 0.6) is 0 Å². The van der Waals surface area contributed by atoms with Gasteiger partial charge in [-0.05, 0) is 55.3 Å². The highest BCUT2D eigenvalue weighted by Crippen LogP contribution is 2.40. The molecule has 1 saturated heterocycles. The molecule has 6 nitrogen and oxygen atoms in total. The van der Waals surface area contributed by atoms with Crippen LogP contribution in [0.15, 0.2) is 29.6 Å². The molecule has 2 fully saturated rings. The van der Waals surface area contributed by atoms with Crippen LogP contribution >= 0.6 is 11.3 Å². The van der Waals surface area contributed by atoms with Crippen molar-refractivity contribution in [3.63, 3.8) is 0 Å². The number of hydrogen-bond acceptors (Lipinski definition) is 7. The van der Waals surface area contributed by atoms with Gasteiger partial charge in [0, 0.05) is 30.9 Å². The molecule has 0 radical (unpaired) electrons. The van der Waals surface area contributed by atoms with Crippen molar-refractivity contribution in [3.05, 3.63) is 40.8 Å². The van der Waals surface area contributed by atoms with Gasteiger partial charge in [-0.2, -0.15) is 4.98 Å². The highest BCUT2D eigenvalue weighted by atomic mass is 32.1. The minimum absolute atomic E-state index is 0.175. The van der Waals surface area contributed by atoms with Crippen molar-refractivity contribution in [2.75, 3.05) is 36.9 Å². The van der Waals surface area contributed by atoms with Gasteiger partial charge in [0.1, 0.15) is 10.6 Å². The first-order valence-corrected chi connectivity index (χ1v) is 11.2.